The molecule has 3 atom stereocenters. The molecular formula is C16H30N2O3. The van der Waals surface area contributed by atoms with Crippen LogP contribution in [0.5, 0.6) is 0 Å². The Bertz CT molecular complexity index is 376. The van der Waals surface area contributed by atoms with E-state index in [1.165, 1.54) is 6.42 Å². The van der Waals surface area contributed by atoms with Gasteiger partial charge in [-0.2, -0.15) is 0 Å². The first kappa shape index (κ1) is 16.6. The molecule has 0 aromatic rings. The Morgan fingerprint density at radius 1 is 1.33 bits per heavy atom. The van der Waals surface area contributed by atoms with Gasteiger partial charge in [-0.1, -0.05) is 13.8 Å². The largest absolute Gasteiger partial charge is 0.444 e. The van der Waals surface area contributed by atoms with Crippen molar-refractivity contribution in [1.29, 1.82) is 0 Å². The molecule has 2 aliphatic rings. The number of carbonyl (C=O) groups excluding carboxylic acids is 1. The third kappa shape index (κ3) is 3.89. The van der Waals surface area contributed by atoms with Crippen LogP contribution in [-0.2, 0) is 9.47 Å². The van der Waals surface area contributed by atoms with Gasteiger partial charge in [0.15, 0.2) is 0 Å². The van der Waals surface area contributed by atoms with Crippen molar-refractivity contribution in [3.8, 4) is 0 Å². The highest BCUT2D eigenvalue weighted by molar-refractivity contribution is 5.67. The zero-order valence-electron chi connectivity index (χ0n) is 14.0. The fourth-order valence-electron chi connectivity index (χ4n) is 3.64. The first-order valence-corrected chi connectivity index (χ1v) is 8.03. The fourth-order valence-corrected chi connectivity index (χ4v) is 3.64. The molecule has 5 heteroatoms. The van der Waals surface area contributed by atoms with Gasteiger partial charge in [-0.3, -0.25) is 0 Å². The molecule has 2 N–H and O–H groups in total. The second-order valence-electron chi connectivity index (χ2n) is 7.78. The molecule has 0 aromatic heterocycles. The molecule has 1 heterocycles. The first-order chi connectivity index (χ1) is 9.72. The molecule has 0 spiro atoms. The maximum absolute atomic E-state index is 11.6. The van der Waals surface area contributed by atoms with Crippen LogP contribution >= 0.6 is 0 Å². The summed E-state index contributed by atoms with van der Waals surface area (Å²) in [7, 11) is 0. The normalized spacial score (nSPS) is 31.0. The van der Waals surface area contributed by atoms with Crippen LogP contribution in [0.1, 0.15) is 47.5 Å². The number of amides is 1. The number of alkyl carbamates (subject to hydrolysis) is 1. The van der Waals surface area contributed by atoms with Gasteiger partial charge in [0.25, 0.3) is 0 Å². The third-order valence-corrected chi connectivity index (χ3v) is 4.49. The van der Waals surface area contributed by atoms with Crippen molar-refractivity contribution in [2.24, 2.45) is 11.3 Å². The lowest BCUT2D eigenvalue weighted by atomic mass is 9.55. The van der Waals surface area contributed by atoms with Crippen molar-refractivity contribution in [3.05, 3.63) is 0 Å². The molecule has 1 aliphatic heterocycles. The van der Waals surface area contributed by atoms with Crippen molar-refractivity contribution < 1.29 is 14.3 Å². The van der Waals surface area contributed by atoms with E-state index < -0.39 is 5.60 Å². The van der Waals surface area contributed by atoms with E-state index in [1.807, 2.05) is 20.8 Å². The molecule has 1 saturated heterocycles. The van der Waals surface area contributed by atoms with Crippen LogP contribution in [0, 0.1) is 11.3 Å². The summed E-state index contributed by atoms with van der Waals surface area (Å²) in [6, 6.07) is 0.475. The van der Waals surface area contributed by atoms with E-state index in [-0.39, 0.29) is 11.5 Å². The van der Waals surface area contributed by atoms with Crippen molar-refractivity contribution in [1.82, 2.24) is 10.6 Å². The van der Waals surface area contributed by atoms with Gasteiger partial charge in [0.2, 0.25) is 0 Å². The lowest BCUT2D eigenvalue weighted by molar-refractivity contribution is -0.192. The lowest BCUT2D eigenvalue weighted by Gasteiger charge is -2.60. The van der Waals surface area contributed by atoms with Crippen molar-refractivity contribution in [2.75, 3.05) is 19.7 Å². The fraction of sp³-hybridized carbons (Fsp3) is 0.938. The summed E-state index contributed by atoms with van der Waals surface area (Å²) in [5.41, 5.74) is -0.267. The van der Waals surface area contributed by atoms with Gasteiger partial charge < -0.3 is 20.1 Å². The van der Waals surface area contributed by atoms with E-state index in [4.69, 9.17) is 9.47 Å². The highest BCUT2D eigenvalue weighted by Gasteiger charge is 2.57. The predicted octanol–water partition coefficient (Wildman–Crippen LogP) is 2.30. The predicted molar refractivity (Wildman–Crippen MR) is 82.3 cm³/mol. The van der Waals surface area contributed by atoms with Crippen LogP contribution in [0.4, 0.5) is 4.79 Å². The quantitative estimate of drug-likeness (QED) is 0.782. The number of fused-ring (bicyclic) bond motifs is 1. The van der Waals surface area contributed by atoms with Gasteiger partial charge >= 0.3 is 6.09 Å². The Morgan fingerprint density at radius 3 is 2.71 bits per heavy atom. The Morgan fingerprint density at radius 2 is 2.05 bits per heavy atom. The van der Waals surface area contributed by atoms with Gasteiger partial charge in [0.1, 0.15) is 5.60 Å². The second-order valence-corrected chi connectivity index (χ2v) is 7.78. The number of carbonyl (C=O) groups is 1. The van der Waals surface area contributed by atoms with Gasteiger partial charge in [-0.15, -0.1) is 0 Å². The molecule has 1 aliphatic carbocycles. The minimum atomic E-state index is -0.444. The first-order valence-electron chi connectivity index (χ1n) is 8.03. The summed E-state index contributed by atoms with van der Waals surface area (Å²) in [5, 5.41) is 6.36. The maximum Gasteiger partial charge on any atom is 0.407 e. The summed E-state index contributed by atoms with van der Waals surface area (Å²) in [5.74, 6) is 0.621. The molecular weight excluding hydrogens is 268 g/mol. The van der Waals surface area contributed by atoms with Gasteiger partial charge in [-0.05, 0) is 33.6 Å². The maximum atomic E-state index is 11.6. The summed E-state index contributed by atoms with van der Waals surface area (Å²) < 4.78 is 11.1. The van der Waals surface area contributed by atoms with Crippen molar-refractivity contribution in [2.45, 2.75) is 65.2 Å². The van der Waals surface area contributed by atoms with Gasteiger partial charge in [0.05, 0.1) is 6.10 Å². The average Bonchev–Trinajstić information content (AvgIpc) is 2.36. The van der Waals surface area contributed by atoms with E-state index in [0.717, 1.165) is 19.6 Å². The monoisotopic (exact) mass is 298 g/mol. The Kier molecular flexibility index (Phi) is 4.83. The molecule has 0 bridgehead atoms. The number of hydrogen-bond donors (Lipinski definition) is 2. The van der Waals surface area contributed by atoms with Crippen molar-refractivity contribution >= 4 is 6.09 Å². The smallest absolute Gasteiger partial charge is 0.407 e. The Hall–Kier alpha value is -0.810. The molecule has 1 amide bonds. The van der Waals surface area contributed by atoms with E-state index in [9.17, 15) is 4.79 Å². The number of hydrogen-bond acceptors (Lipinski definition) is 4. The van der Waals surface area contributed by atoms with Crippen LogP contribution in [-0.4, -0.2) is 43.5 Å². The second kappa shape index (κ2) is 6.13. The molecule has 3 unspecified atom stereocenters. The molecule has 0 aromatic carbocycles. The molecule has 0 radical (unpaired) electrons. The molecule has 21 heavy (non-hydrogen) atoms. The van der Waals surface area contributed by atoms with Gasteiger partial charge in [0, 0.05) is 37.1 Å². The minimum absolute atomic E-state index is 0.178. The highest BCUT2D eigenvalue weighted by Crippen LogP contribution is 2.51. The summed E-state index contributed by atoms with van der Waals surface area (Å²) in [6.07, 6.45) is 2.44. The topological polar surface area (TPSA) is 59.6 Å². The van der Waals surface area contributed by atoms with Crippen LogP contribution in [0.25, 0.3) is 0 Å². The zero-order chi connectivity index (χ0) is 15.7. The molecule has 2 rings (SSSR count). The zero-order valence-corrected chi connectivity index (χ0v) is 14.0. The summed E-state index contributed by atoms with van der Waals surface area (Å²) >= 11 is 0. The highest BCUT2D eigenvalue weighted by atomic mass is 16.6. The molecule has 122 valence electrons. The molecule has 2 fully saturated rings. The SMILES string of the molecule is CC(C)(C)OC(=O)NCCNC1C2CCCOC2C1(C)C. The number of ether oxygens (including phenoxy) is 2. The van der Waals surface area contributed by atoms with Crippen LogP contribution < -0.4 is 10.6 Å². The van der Waals surface area contributed by atoms with E-state index in [1.54, 1.807) is 0 Å². The Labute approximate surface area is 128 Å². The molecule has 5 nitrogen and oxygen atoms in total. The minimum Gasteiger partial charge on any atom is -0.444 e. The van der Waals surface area contributed by atoms with E-state index >= 15 is 0 Å². The lowest BCUT2D eigenvalue weighted by Crippen LogP contribution is -2.69. The molecule has 1 saturated carbocycles. The van der Waals surface area contributed by atoms with Crippen LogP contribution in [0.15, 0.2) is 0 Å². The number of nitrogens with one attached hydrogen (secondary N) is 2. The van der Waals surface area contributed by atoms with Gasteiger partial charge in [-0.25, -0.2) is 4.79 Å². The van der Waals surface area contributed by atoms with Crippen LogP contribution in [0.2, 0.25) is 0 Å². The average molecular weight is 298 g/mol. The summed E-state index contributed by atoms with van der Waals surface area (Å²) in [4.78, 5) is 11.6. The van der Waals surface area contributed by atoms with Crippen molar-refractivity contribution in [3.63, 3.8) is 0 Å². The van der Waals surface area contributed by atoms with Crippen LogP contribution in [0.3, 0.4) is 0 Å². The number of rotatable bonds is 4. The standard InChI is InChI=1S/C16H30N2O3/c1-15(2,3)21-14(19)18-9-8-17-12-11-7-6-10-20-13(11)16(12,4)5/h11-13,17H,6-10H2,1-5H3,(H,18,19). The van der Waals surface area contributed by atoms with E-state index in [0.29, 0.717) is 24.6 Å². The third-order valence-electron chi connectivity index (χ3n) is 4.49. The van der Waals surface area contributed by atoms with E-state index in [2.05, 4.69) is 24.5 Å². The Balaban J connectivity index is 1.68. The summed E-state index contributed by atoms with van der Waals surface area (Å²) in [6.45, 7) is 12.4.